The maximum Gasteiger partial charge on any atom is 0.254 e. The molecule has 1 fully saturated rings. The molecule has 1 heterocycles. The summed E-state index contributed by atoms with van der Waals surface area (Å²) in [4.78, 5) is 13.2. The molecule has 0 radical (unpaired) electrons. The van der Waals surface area contributed by atoms with Gasteiger partial charge < -0.3 is 15.1 Å². The Morgan fingerprint density at radius 1 is 1.50 bits per heavy atom. The highest BCUT2D eigenvalue weighted by Gasteiger charge is 2.37. The summed E-state index contributed by atoms with van der Waals surface area (Å²) in [6.07, 6.45) is 0.419. The van der Waals surface area contributed by atoms with E-state index in [4.69, 9.17) is 0 Å². The van der Waals surface area contributed by atoms with Gasteiger partial charge in [-0.25, -0.2) is 0 Å². The van der Waals surface area contributed by atoms with Gasteiger partial charge in [-0.3, -0.25) is 4.79 Å². The minimum Gasteiger partial charge on any atom is -0.391 e. The molecule has 4 heteroatoms. The van der Waals surface area contributed by atoms with Crippen molar-refractivity contribution in [2.45, 2.75) is 38.9 Å². The maximum absolute atomic E-state index is 11.6. The van der Waals surface area contributed by atoms with Gasteiger partial charge in [0.2, 0.25) is 0 Å². The summed E-state index contributed by atoms with van der Waals surface area (Å²) in [5.41, 5.74) is -1.33. The number of carbonyl (C=O) groups excluding carboxylic acids is 1. The molecule has 1 aliphatic heterocycles. The molecular formula is C10H19NO3. The van der Waals surface area contributed by atoms with E-state index >= 15 is 0 Å². The second-order valence-corrected chi connectivity index (χ2v) is 4.50. The van der Waals surface area contributed by atoms with E-state index in [1.165, 1.54) is 13.8 Å². The largest absolute Gasteiger partial charge is 0.391 e. The lowest BCUT2D eigenvalue weighted by molar-refractivity contribution is -0.147. The number of hydrogen-bond acceptors (Lipinski definition) is 3. The van der Waals surface area contributed by atoms with Crippen molar-refractivity contribution in [3.05, 3.63) is 0 Å². The number of β-amino-alcohol motifs (C(OH)–C–C–N with tert-alkyl or cyclic N) is 1. The lowest BCUT2D eigenvalue weighted by Crippen LogP contribution is -2.44. The minimum atomic E-state index is -1.33. The van der Waals surface area contributed by atoms with E-state index in [2.05, 4.69) is 0 Å². The van der Waals surface area contributed by atoms with E-state index in [1.54, 1.807) is 4.90 Å². The highest BCUT2D eigenvalue weighted by Crippen LogP contribution is 2.22. The number of aliphatic hydroxyl groups is 2. The summed E-state index contributed by atoms with van der Waals surface area (Å²) in [7, 11) is 0. The number of amides is 1. The maximum atomic E-state index is 11.6. The number of carbonyl (C=O) groups is 1. The zero-order chi connectivity index (χ0) is 10.9. The van der Waals surface area contributed by atoms with Crippen LogP contribution in [0.4, 0.5) is 0 Å². The fourth-order valence-electron chi connectivity index (χ4n) is 1.81. The topological polar surface area (TPSA) is 60.8 Å². The van der Waals surface area contributed by atoms with Gasteiger partial charge in [-0.15, -0.1) is 0 Å². The van der Waals surface area contributed by atoms with Crippen molar-refractivity contribution in [2.75, 3.05) is 13.1 Å². The number of aliphatic hydroxyl groups excluding tert-OH is 1. The molecule has 0 spiro atoms. The predicted molar refractivity (Wildman–Crippen MR) is 52.7 cm³/mol. The number of rotatable bonds is 2. The fourth-order valence-corrected chi connectivity index (χ4v) is 1.81. The zero-order valence-corrected chi connectivity index (χ0v) is 9.03. The summed E-state index contributed by atoms with van der Waals surface area (Å²) < 4.78 is 0. The molecule has 14 heavy (non-hydrogen) atoms. The molecule has 2 N–H and O–H groups in total. The van der Waals surface area contributed by atoms with E-state index in [1.807, 2.05) is 6.92 Å². The lowest BCUT2D eigenvalue weighted by atomic mass is 10.0. The Morgan fingerprint density at radius 2 is 2.07 bits per heavy atom. The second-order valence-electron chi connectivity index (χ2n) is 4.50. The van der Waals surface area contributed by atoms with Crippen LogP contribution in [0, 0.1) is 5.92 Å². The molecule has 82 valence electrons. The summed E-state index contributed by atoms with van der Waals surface area (Å²) in [5.74, 6) is -0.145. The van der Waals surface area contributed by atoms with Crippen LogP contribution in [-0.2, 0) is 4.79 Å². The van der Waals surface area contributed by atoms with Crippen LogP contribution in [0.25, 0.3) is 0 Å². The van der Waals surface area contributed by atoms with Crippen LogP contribution in [0.3, 0.4) is 0 Å². The molecule has 0 aromatic heterocycles. The standard InChI is InChI=1S/C10H19NO3/c1-4-7-5-11(6-8(7)12)9(13)10(2,3)14/h7-8,12,14H,4-6H2,1-3H3. The van der Waals surface area contributed by atoms with Gasteiger partial charge in [0.25, 0.3) is 5.91 Å². The van der Waals surface area contributed by atoms with Gasteiger partial charge in [0.15, 0.2) is 0 Å². The molecule has 0 aromatic rings. The summed E-state index contributed by atoms with van der Waals surface area (Å²) >= 11 is 0. The van der Waals surface area contributed by atoms with Gasteiger partial charge in [-0.2, -0.15) is 0 Å². The van der Waals surface area contributed by atoms with Gasteiger partial charge in [-0.05, 0) is 20.3 Å². The smallest absolute Gasteiger partial charge is 0.254 e. The van der Waals surface area contributed by atoms with Gasteiger partial charge in [0, 0.05) is 19.0 Å². The van der Waals surface area contributed by atoms with Crippen molar-refractivity contribution in [1.29, 1.82) is 0 Å². The fraction of sp³-hybridized carbons (Fsp3) is 0.900. The summed E-state index contributed by atoms with van der Waals surface area (Å²) in [6.45, 7) is 5.84. The Hall–Kier alpha value is -0.610. The van der Waals surface area contributed by atoms with Crippen molar-refractivity contribution < 1.29 is 15.0 Å². The molecule has 1 saturated heterocycles. The Labute approximate surface area is 84.5 Å². The molecule has 0 aliphatic carbocycles. The molecule has 0 bridgehead atoms. The third-order valence-corrected chi connectivity index (χ3v) is 2.74. The molecule has 1 rings (SSSR count). The highest BCUT2D eigenvalue weighted by atomic mass is 16.3. The Balaban J connectivity index is 2.62. The van der Waals surface area contributed by atoms with Crippen molar-refractivity contribution in [1.82, 2.24) is 4.90 Å². The van der Waals surface area contributed by atoms with Crippen LogP contribution < -0.4 is 0 Å². The van der Waals surface area contributed by atoms with Crippen LogP contribution in [0.1, 0.15) is 27.2 Å². The van der Waals surface area contributed by atoms with Crippen LogP contribution in [0.15, 0.2) is 0 Å². The normalized spacial score (nSPS) is 28.2. The molecule has 1 aliphatic rings. The van der Waals surface area contributed by atoms with E-state index in [0.717, 1.165) is 6.42 Å². The molecule has 2 atom stereocenters. The van der Waals surface area contributed by atoms with E-state index in [9.17, 15) is 15.0 Å². The van der Waals surface area contributed by atoms with Crippen LogP contribution in [0.2, 0.25) is 0 Å². The SMILES string of the molecule is CCC1CN(C(=O)C(C)(C)O)CC1O. The Bertz CT molecular complexity index is 222. The molecule has 2 unspecified atom stereocenters. The number of nitrogens with zero attached hydrogens (tertiary/aromatic N) is 1. The quantitative estimate of drug-likeness (QED) is 0.660. The van der Waals surface area contributed by atoms with Gasteiger partial charge in [0.05, 0.1) is 6.10 Å². The van der Waals surface area contributed by atoms with Crippen LogP contribution in [0.5, 0.6) is 0 Å². The molecule has 4 nitrogen and oxygen atoms in total. The van der Waals surface area contributed by atoms with Gasteiger partial charge >= 0.3 is 0 Å². The highest BCUT2D eigenvalue weighted by molar-refractivity contribution is 5.84. The first-order valence-electron chi connectivity index (χ1n) is 5.06. The molecule has 1 amide bonds. The first kappa shape index (κ1) is 11.5. The summed E-state index contributed by atoms with van der Waals surface area (Å²) in [5, 5.41) is 19.1. The third-order valence-electron chi connectivity index (χ3n) is 2.74. The first-order chi connectivity index (χ1) is 6.36. The summed E-state index contributed by atoms with van der Waals surface area (Å²) in [6, 6.07) is 0. The average molecular weight is 201 g/mol. The van der Waals surface area contributed by atoms with Gasteiger partial charge in [-0.1, -0.05) is 6.92 Å². The predicted octanol–water partition coefficient (Wildman–Crippen LogP) is -0.0134. The van der Waals surface area contributed by atoms with E-state index < -0.39 is 11.7 Å². The van der Waals surface area contributed by atoms with Crippen molar-refractivity contribution in [3.63, 3.8) is 0 Å². The van der Waals surface area contributed by atoms with Crippen molar-refractivity contribution >= 4 is 5.91 Å². The zero-order valence-electron chi connectivity index (χ0n) is 9.03. The average Bonchev–Trinajstić information content (AvgIpc) is 2.43. The van der Waals surface area contributed by atoms with Crippen molar-refractivity contribution in [3.8, 4) is 0 Å². The van der Waals surface area contributed by atoms with Crippen LogP contribution in [-0.4, -0.2) is 45.8 Å². The van der Waals surface area contributed by atoms with E-state index in [-0.39, 0.29) is 11.8 Å². The third kappa shape index (κ3) is 2.25. The van der Waals surface area contributed by atoms with Gasteiger partial charge in [0.1, 0.15) is 5.60 Å². The Morgan fingerprint density at radius 3 is 2.43 bits per heavy atom. The first-order valence-corrected chi connectivity index (χ1v) is 5.06. The minimum absolute atomic E-state index is 0.154. The lowest BCUT2D eigenvalue weighted by Gasteiger charge is -2.24. The monoisotopic (exact) mass is 201 g/mol. The molecule has 0 saturated carbocycles. The number of hydrogen-bond donors (Lipinski definition) is 2. The van der Waals surface area contributed by atoms with E-state index in [0.29, 0.717) is 13.1 Å². The van der Waals surface area contributed by atoms with Crippen molar-refractivity contribution in [2.24, 2.45) is 5.92 Å². The molecular weight excluding hydrogens is 182 g/mol. The number of likely N-dealkylation sites (tertiary alicyclic amines) is 1. The second kappa shape index (κ2) is 3.87. The Kier molecular flexibility index (Phi) is 3.17. The van der Waals surface area contributed by atoms with Crippen LogP contribution >= 0.6 is 0 Å². The molecule has 0 aromatic carbocycles.